The molecule has 2 aliphatic heterocycles. The number of aromatic nitrogens is 3. The highest BCUT2D eigenvalue weighted by Crippen LogP contribution is 2.44. The lowest BCUT2D eigenvalue weighted by Gasteiger charge is -2.39. The number of likely N-dealkylation sites (tertiary alicyclic amines) is 1. The van der Waals surface area contributed by atoms with Gasteiger partial charge in [-0.25, -0.2) is 4.98 Å². The third kappa shape index (κ3) is 3.56. The summed E-state index contributed by atoms with van der Waals surface area (Å²) >= 11 is 0. The number of hydrogen-bond donors (Lipinski definition) is 2. The Morgan fingerprint density at radius 2 is 1.81 bits per heavy atom. The molecule has 9 nitrogen and oxygen atoms in total. The van der Waals surface area contributed by atoms with Crippen LogP contribution in [0.25, 0.3) is 0 Å². The zero-order valence-corrected chi connectivity index (χ0v) is 17.7. The van der Waals surface area contributed by atoms with E-state index in [1.807, 2.05) is 4.90 Å². The van der Waals surface area contributed by atoms with Crippen molar-refractivity contribution in [1.29, 1.82) is 0 Å². The van der Waals surface area contributed by atoms with Gasteiger partial charge in [0.15, 0.2) is 0 Å². The van der Waals surface area contributed by atoms with Crippen molar-refractivity contribution in [3.05, 3.63) is 55.4 Å². The number of carbonyl (C=O) groups excluding carboxylic acids is 1. The van der Waals surface area contributed by atoms with Crippen molar-refractivity contribution in [2.75, 3.05) is 44.3 Å². The second-order valence-corrected chi connectivity index (χ2v) is 8.80. The monoisotopic (exact) mass is 425 g/mol. The van der Waals surface area contributed by atoms with Gasteiger partial charge in [-0.1, -0.05) is 0 Å². The van der Waals surface area contributed by atoms with E-state index in [9.17, 15) is 14.4 Å². The molecule has 164 valence electrons. The first-order chi connectivity index (χ1) is 14.9. The fraction of sp³-hybridized carbons (Fsp3) is 0.545. The van der Waals surface area contributed by atoms with E-state index in [1.165, 1.54) is 6.07 Å². The molecule has 3 aliphatic rings. The van der Waals surface area contributed by atoms with Gasteiger partial charge in [0.05, 0.1) is 18.9 Å². The maximum atomic E-state index is 13.0. The van der Waals surface area contributed by atoms with Gasteiger partial charge >= 0.3 is 0 Å². The predicted octanol–water partition coefficient (Wildman–Crippen LogP) is 0.723. The van der Waals surface area contributed by atoms with E-state index < -0.39 is 0 Å². The standard InChI is InChI=1S/C22H27N5O4/c1-14-12-15(13-17(28)23-14)20(30)26-6-4-22(5-7-26)3-2-16-18(22)24-21(25-19(16)29)27-8-10-31-11-9-27/h12-13H,2-11H2,1H3,(H,23,28)(H,24,25,29). The Morgan fingerprint density at radius 3 is 2.52 bits per heavy atom. The zero-order valence-electron chi connectivity index (χ0n) is 17.7. The lowest BCUT2D eigenvalue weighted by atomic mass is 9.76. The van der Waals surface area contributed by atoms with Crippen LogP contribution in [0.2, 0.25) is 0 Å². The minimum Gasteiger partial charge on any atom is -0.378 e. The minimum absolute atomic E-state index is 0.0409. The Morgan fingerprint density at radius 1 is 1.06 bits per heavy atom. The molecule has 9 heteroatoms. The van der Waals surface area contributed by atoms with E-state index in [-0.39, 0.29) is 22.4 Å². The molecule has 0 saturated carbocycles. The van der Waals surface area contributed by atoms with E-state index in [2.05, 4.69) is 14.9 Å². The number of H-pyrrole nitrogens is 2. The number of carbonyl (C=O) groups is 1. The summed E-state index contributed by atoms with van der Waals surface area (Å²) in [6.07, 6.45) is 3.15. The van der Waals surface area contributed by atoms with Crippen molar-refractivity contribution < 1.29 is 9.53 Å². The maximum absolute atomic E-state index is 13.0. The van der Waals surface area contributed by atoms with E-state index in [4.69, 9.17) is 9.72 Å². The third-order valence-corrected chi connectivity index (χ3v) is 6.90. The predicted molar refractivity (Wildman–Crippen MR) is 115 cm³/mol. The fourth-order valence-corrected chi connectivity index (χ4v) is 5.18. The molecule has 2 aromatic rings. The lowest BCUT2D eigenvalue weighted by Crippen LogP contribution is -2.45. The van der Waals surface area contributed by atoms with Crippen molar-refractivity contribution >= 4 is 11.9 Å². The molecule has 0 radical (unpaired) electrons. The molecular formula is C22H27N5O4. The van der Waals surface area contributed by atoms with Gasteiger partial charge < -0.3 is 19.5 Å². The van der Waals surface area contributed by atoms with Crippen LogP contribution in [0.4, 0.5) is 5.95 Å². The number of fused-ring (bicyclic) bond motifs is 2. The highest BCUT2D eigenvalue weighted by molar-refractivity contribution is 5.94. The van der Waals surface area contributed by atoms with E-state index in [0.717, 1.165) is 36.9 Å². The Labute approximate surface area is 179 Å². The van der Waals surface area contributed by atoms with Crippen LogP contribution < -0.4 is 16.0 Å². The summed E-state index contributed by atoms with van der Waals surface area (Å²) in [6.45, 7) is 5.64. The number of morpholine rings is 1. The first-order valence-electron chi connectivity index (χ1n) is 10.9. The number of anilines is 1. The van der Waals surface area contributed by atoms with Crippen molar-refractivity contribution in [3.63, 3.8) is 0 Å². The molecular weight excluding hydrogens is 398 g/mol. The molecule has 2 N–H and O–H groups in total. The summed E-state index contributed by atoms with van der Waals surface area (Å²) in [6, 6.07) is 3.08. The first kappa shape index (κ1) is 20.0. The van der Waals surface area contributed by atoms with Crippen LogP contribution in [0.5, 0.6) is 0 Å². The van der Waals surface area contributed by atoms with E-state index in [1.54, 1.807) is 13.0 Å². The summed E-state index contributed by atoms with van der Waals surface area (Å²) in [5.74, 6) is 0.515. The molecule has 4 heterocycles. The Bertz CT molecular complexity index is 1120. The molecule has 0 unspecified atom stereocenters. The average molecular weight is 425 g/mol. The Balaban J connectivity index is 1.38. The smallest absolute Gasteiger partial charge is 0.255 e. The average Bonchev–Trinajstić information content (AvgIpc) is 3.12. The van der Waals surface area contributed by atoms with Crippen LogP contribution in [-0.2, 0) is 16.6 Å². The molecule has 2 saturated heterocycles. The number of aryl methyl sites for hydroxylation is 1. The van der Waals surface area contributed by atoms with Gasteiger partial charge in [-0.2, -0.15) is 0 Å². The van der Waals surface area contributed by atoms with E-state index in [0.29, 0.717) is 56.6 Å². The summed E-state index contributed by atoms with van der Waals surface area (Å²) in [4.78, 5) is 51.9. The SMILES string of the molecule is Cc1cc(C(=O)N2CCC3(CCc4c3nc(N3CCOCC3)[nH]c4=O)CC2)cc(=O)[nH]1. The summed E-state index contributed by atoms with van der Waals surface area (Å²) in [5, 5.41) is 0. The van der Waals surface area contributed by atoms with Crippen LogP contribution >= 0.6 is 0 Å². The van der Waals surface area contributed by atoms with Crippen molar-refractivity contribution in [2.45, 2.75) is 38.0 Å². The van der Waals surface area contributed by atoms with Gasteiger partial charge in [0.1, 0.15) is 0 Å². The number of amides is 1. The largest absolute Gasteiger partial charge is 0.378 e. The van der Waals surface area contributed by atoms with E-state index >= 15 is 0 Å². The van der Waals surface area contributed by atoms with Gasteiger partial charge in [-0.15, -0.1) is 0 Å². The van der Waals surface area contributed by atoms with Gasteiger partial charge in [-0.3, -0.25) is 19.4 Å². The molecule has 2 aromatic heterocycles. The highest BCUT2D eigenvalue weighted by Gasteiger charge is 2.45. The maximum Gasteiger partial charge on any atom is 0.255 e. The van der Waals surface area contributed by atoms with Crippen molar-refractivity contribution in [2.24, 2.45) is 0 Å². The Kier molecular flexibility index (Phi) is 4.92. The molecule has 1 spiro atoms. The van der Waals surface area contributed by atoms with Gasteiger partial charge in [0, 0.05) is 54.5 Å². The third-order valence-electron chi connectivity index (χ3n) is 6.90. The lowest BCUT2D eigenvalue weighted by molar-refractivity contribution is 0.0663. The number of ether oxygens (including phenoxy) is 1. The second kappa shape index (κ2) is 7.64. The molecule has 1 aliphatic carbocycles. The fourth-order valence-electron chi connectivity index (χ4n) is 5.18. The second-order valence-electron chi connectivity index (χ2n) is 8.80. The molecule has 2 fully saturated rings. The number of nitrogens with one attached hydrogen (secondary N) is 2. The first-order valence-corrected chi connectivity index (χ1v) is 10.9. The summed E-state index contributed by atoms with van der Waals surface area (Å²) < 4.78 is 5.42. The van der Waals surface area contributed by atoms with Crippen LogP contribution in [0.3, 0.4) is 0 Å². The highest BCUT2D eigenvalue weighted by atomic mass is 16.5. The number of rotatable bonds is 2. The quantitative estimate of drug-likeness (QED) is 0.734. The number of pyridine rings is 1. The topological polar surface area (TPSA) is 111 Å². The molecule has 0 atom stereocenters. The zero-order chi connectivity index (χ0) is 21.6. The number of hydrogen-bond acceptors (Lipinski definition) is 6. The van der Waals surface area contributed by atoms with Gasteiger partial charge in [0.2, 0.25) is 11.5 Å². The number of aromatic amines is 2. The normalized spacial score (nSPS) is 20.2. The summed E-state index contributed by atoms with van der Waals surface area (Å²) in [5.41, 5.74) is 2.34. The van der Waals surface area contributed by atoms with Crippen LogP contribution in [-0.4, -0.2) is 65.2 Å². The van der Waals surface area contributed by atoms with Crippen molar-refractivity contribution in [3.8, 4) is 0 Å². The molecule has 0 aromatic carbocycles. The molecule has 31 heavy (non-hydrogen) atoms. The number of nitrogens with zero attached hydrogens (tertiary/aromatic N) is 3. The molecule has 5 rings (SSSR count). The molecule has 1 amide bonds. The van der Waals surface area contributed by atoms with Gasteiger partial charge in [-0.05, 0) is 38.7 Å². The van der Waals surface area contributed by atoms with Crippen LogP contribution in [0.15, 0.2) is 21.7 Å². The van der Waals surface area contributed by atoms with Crippen LogP contribution in [0, 0.1) is 6.92 Å². The summed E-state index contributed by atoms with van der Waals surface area (Å²) in [7, 11) is 0. The van der Waals surface area contributed by atoms with Crippen molar-refractivity contribution in [1.82, 2.24) is 19.9 Å². The molecule has 0 bridgehead atoms. The van der Waals surface area contributed by atoms with Gasteiger partial charge in [0.25, 0.3) is 11.5 Å². The minimum atomic E-state index is -0.263. The Hall–Kier alpha value is -2.94. The van der Waals surface area contributed by atoms with Crippen LogP contribution in [0.1, 0.15) is 46.6 Å². The number of piperidine rings is 1.